The number of likely N-dealkylation sites (tertiary alicyclic amines) is 1. The SMILES string of the molecule is c1ccc(OC[C@H]2CCCN2Cc2nnc(C3CC3)o2)cc1. The van der Waals surface area contributed by atoms with Gasteiger partial charge in [-0.15, -0.1) is 10.2 Å². The molecule has 1 aliphatic heterocycles. The van der Waals surface area contributed by atoms with Gasteiger partial charge in [0.1, 0.15) is 12.4 Å². The first-order chi connectivity index (χ1) is 10.9. The molecule has 1 aromatic heterocycles. The van der Waals surface area contributed by atoms with Gasteiger partial charge in [-0.3, -0.25) is 4.90 Å². The van der Waals surface area contributed by atoms with Crippen LogP contribution in [-0.2, 0) is 6.54 Å². The molecule has 22 heavy (non-hydrogen) atoms. The predicted molar refractivity (Wildman–Crippen MR) is 81.6 cm³/mol. The number of rotatable bonds is 6. The van der Waals surface area contributed by atoms with E-state index in [1.54, 1.807) is 0 Å². The van der Waals surface area contributed by atoms with E-state index in [-0.39, 0.29) is 0 Å². The lowest BCUT2D eigenvalue weighted by Crippen LogP contribution is -2.33. The zero-order valence-corrected chi connectivity index (χ0v) is 12.6. The minimum atomic E-state index is 0.427. The van der Waals surface area contributed by atoms with Crippen LogP contribution in [-0.4, -0.2) is 34.3 Å². The summed E-state index contributed by atoms with van der Waals surface area (Å²) in [5, 5.41) is 8.36. The Morgan fingerprint density at radius 3 is 2.82 bits per heavy atom. The Balaban J connectivity index is 1.34. The van der Waals surface area contributed by atoms with Gasteiger partial charge in [-0.2, -0.15) is 0 Å². The topological polar surface area (TPSA) is 51.4 Å². The lowest BCUT2D eigenvalue weighted by molar-refractivity contribution is 0.156. The van der Waals surface area contributed by atoms with Crippen LogP contribution in [0.4, 0.5) is 0 Å². The fourth-order valence-corrected chi connectivity index (χ4v) is 3.00. The third kappa shape index (κ3) is 3.14. The van der Waals surface area contributed by atoms with E-state index >= 15 is 0 Å². The zero-order valence-electron chi connectivity index (χ0n) is 12.6. The molecular formula is C17H21N3O2. The van der Waals surface area contributed by atoms with Crippen molar-refractivity contribution in [3.05, 3.63) is 42.1 Å². The molecule has 1 saturated heterocycles. The second kappa shape index (κ2) is 6.08. The molecule has 4 rings (SSSR count). The van der Waals surface area contributed by atoms with Gasteiger partial charge >= 0.3 is 0 Å². The Morgan fingerprint density at radius 1 is 1.14 bits per heavy atom. The van der Waals surface area contributed by atoms with Crippen molar-refractivity contribution < 1.29 is 9.15 Å². The number of aromatic nitrogens is 2. The molecular weight excluding hydrogens is 278 g/mol. The maximum Gasteiger partial charge on any atom is 0.230 e. The number of hydrogen-bond donors (Lipinski definition) is 0. The highest BCUT2D eigenvalue weighted by Gasteiger charge is 2.31. The highest BCUT2D eigenvalue weighted by molar-refractivity contribution is 5.21. The minimum absolute atomic E-state index is 0.427. The van der Waals surface area contributed by atoms with E-state index in [0.717, 1.165) is 37.0 Å². The Kier molecular flexibility index (Phi) is 3.81. The van der Waals surface area contributed by atoms with Crippen molar-refractivity contribution in [2.45, 2.75) is 44.2 Å². The van der Waals surface area contributed by atoms with Crippen molar-refractivity contribution in [2.24, 2.45) is 0 Å². The molecule has 1 aromatic carbocycles. The molecule has 0 unspecified atom stereocenters. The number of para-hydroxylation sites is 1. The third-order valence-corrected chi connectivity index (χ3v) is 4.43. The van der Waals surface area contributed by atoms with Crippen LogP contribution in [0.1, 0.15) is 43.4 Å². The fourth-order valence-electron chi connectivity index (χ4n) is 3.00. The Bertz CT molecular complexity index is 609. The van der Waals surface area contributed by atoms with E-state index in [0.29, 0.717) is 18.6 Å². The van der Waals surface area contributed by atoms with Gasteiger partial charge in [0.15, 0.2) is 0 Å². The van der Waals surface area contributed by atoms with Crippen molar-refractivity contribution in [3.8, 4) is 5.75 Å². The normalized spacial score (nSPS) is 22.1. The van der Waals surface area contributed by atoms with Crippen molar-refractivity contribution in [3.63, 3.8) is 0 Å². The summed E-state index contributed by atoms with van der Waals surface area (Å²) >= 11 is 0. The number of benzene rings is 1. The average molecular weight is 299 g/mol. The molecule has 1 saturated carbocycles. The standard InChI is InChI=1S/C17H21N3O2/c1-2-6-15(7-3-1)21-12-14-5-4-10-20(14)11-16-18-19-17(22-16)13-8-9-13/h1-3,6-7,13-14H,4-5,8-12H2/t14-/m1/s1. The van der Waals surface area contributed by atoms with Gasteiger partial charge in [0.05, 0.1) is 6.54 Å². The van der Waals surface area contributed by atoms with Crippen LogP contribution in [0.5, 0.6) is 5.75 Å². The van der Waals surface area contributed by atoms with Gasteiger partial charge in [-0.25, -0.2) is 0 Å². The summed E-state index contributed by atoms with van der Waals surface area (Å²) in [5.41, 5.74) is 0. The van der Waals surface area contributed by atoms with Crippen LogP contribution in [0, 0.1) is 0 Å². The van der Waals surface area contributed by atoms with Crippen LogP contribution >= 0.6 is 0 Å². The third-order valence-electron chi connectivity index (χ3n) is 4.43. The first-order valence-corrected chi connectivity index (χ1v) is 8.12. The van der Waals surface area contributed by atoms with Crippen LogP contribution < -0.4 is 4.74 Å². The van der Waals surface area contributed by atoms with Crippen LogP contribution in [0.2, 0.25) is 0 Å². The molecule has 5 heteroatoms. The van der Waals surface area contributed by atoms with E-state index in [4.69, 9.17) is 9.15 Å². The van der Waals surface area contributed by atoms with Gasteiger partial charge < -0.3 is 9.15 Å². The molecule has 0 spiro atoms. The molecule has 2 heterocycles. The van der Waals surface area contributed by atoms with Crippen molar-refractivity contribution in [2.75, 3.05) is 13.2 Å². The summed E-state index contributed by atoms with van der Waals surface area (Å²) in [5.74, 6) is 3.03. The van der Waals surface area contributed by atoms with Crippen molar-refractivity contribution >= 4 is 0 Å². The molecule has 2 fully saturated rings. The maximum absolute atomic E-state index is 5.90. The molecule has 116 valence electrons. The molecule has 1 aliphatic carbocycles. The molecule has 0 N–H and O–H groups in total. The van der Waals surface area contributed by atoms with Gasteiger partial charge in [0, 0.05) is 12.0 Å². The monoisotopic (exact) mass is 299 g/mol. The van der Waals surface area contributed by atoms with E-state index in [9.17, 15) is 0 Å². The van der Waals surface area contributed by atoms with Gasteiger partial charge in [0.2, 0.25) is 11.8 Å². The van der Waals surface area contributed by atoms with Crippen LogP contribution in [0.15, 0.2) is 34.7 Å². The first-order valence-electron chi connectivity index (χ1n) is 8.12. The van der Waals surface area contributed by atoms with E-state index in [1.807, 2.05) is 30.3 Å². The molecule has 0 bridgehead atoms. The van der Waals surface area contributed by atoms with Crippen molar-refractivity contribution in [1.82, 2.24) is 15.1 Å². The molecule has 2 aromatic rings. The highest BCUT2D eigenvalue weighted by Crippen LogP contribution is 2.39. The molecule has 0 radical (unpaired) electrons. The number of hydrogen-bond acceptors (Lipinski definition) is 5. The Morgan fingerprint density at radius 2 is 2.00 bits per heavy atom. The largest absolute Gasteiger partial charge is 0.492 e. The summed E-state index contributed by atoms with van der Waals surface area (Å²) in [6, 6.07) is 10.4. The van der Waals surface area contributed by atoms with E-state index in [1.165, 1.54) is 19.3 Å². The molecule has 0 amide bonds. The lowest BCUT2D eigenvalue weighted by atomic mass is 10.2. The van der Waals surface area contributed by atoms with E-state index in [2.05, 4.69) is 15.1 Å². The summed E-state index contributed by atoms with van der Waals surface area (Å²) in [7, 11) is 0. The lowest BCUT2D eigenvalue weighted by Gasteiger charge is -2.22. The summed E-state index contributed by atoms with van der Waals surface area (Å²) in [6.45, 7) is 2.53. The minimum Gasteiger partial charge on any atom is -0.492 e. The smallest absolute Gasteiger partial charge is 0.230 e. The molecule has 2 aliphatic rings. The summed E-state index contributed by atoms with van der Waals surface area (Å²) in [6.07, 6.45) is 4.75. The van der Waals surface area contributed by atoms with Gasteiger partial charge in [-0.1, -0.05) is 18.2 Å². The van der Waals surface area contributed by atoms with E-state index < -0.39 is 0 Å². The average Bonchev–Trinajstić information content (AvgIpc) is 3.14. The summed E-state index contributed by atoms with van der Waals surface area (Å²) < 4.78 is 11.7. The molecule has 5 nitrogen and oxygen atoms in total. The van der Waals surface area contributed by atoms with Gasteiger partial charge in [0.25, 0.3) is 0 Å². The zero-order chi connectivity index (χ0) is 14.8. The second-order valence-corrected chi connectivity index (χ2v) is 6.20. The predicted octanol–water partition coefficient (Wildman–Crippen LogP) is 2.99. The maximum atomic E-state index is 5.90. The highest BCUT2D eigenvalue weighted by atomic mass is 16.5. The number of ether oxygens (including phenoxy) is 1. The van der Waals surface area contributed by atoms with Crippen LogP contribution in [0.25, 0.3) is 0 Å². The first kappa shape index (κ1) is 13.8. The quantitative estimate of drug-likeness (QED) is 0.820. The summed E-state index contributed by atoms with van der Waals surface area (Å²) in [4.78, 5) is 2.40. The van der Waals surface area contributed by atoms with Gasteiger partial charge in [-0.05, 0) is 44.4 Å². The number of nitrogens with zero attached hydrogens (tertiary/aromatic N) is 3. The Labute approximate surface area is 130 Å². The van der Waals surface area contributed by atoms with Crippen molar-refractivity contribution in [1.29, 1.82) is 0 Å². The fraction of sp³-hybridized carbons (Fsp3) is 0.529. The molecule has 1 atom stereocenters. The van der Waals surface area contributed by atoms with Crippen LogP contribution in [0.3, 0.4) is 0 Å². The Hall–Kier alpha value is -1.88. The second-order valence-electron chi connectivity index (χ2n) is 6.20.